The number of anilines is 1. The van der Waals surface area contributed by atoms with Crippen molar-refractivity contribution in [2.24, 2.45) is 5.11 Å². The highest BCUT2D eigenvalue weighted by Crippen LogP contribution is 2.24. The Morgan fingerprint density at radius 3 is 2.93 bits per heavy atom. The Hall–Kier alpha value is -1.34. The summed E-state index contributed by atoms with van der Waals surface area (Å²) in [4.78, 5) is 6.64. The Balaban J connectivity index is 2.64. The summed E-state index contributed by atoms with van der Waals surface area (Å²) in [5.41, 5.74) is 13.4. The molecular formula is C6H9N5O2S. The minimum absolute atomic E-state index is 0.185. The average molecular weight is 215 g/mol. The molecule has 0 aliphatic carbocycles. The molecule has 0 aliphatic rings. The Labute approximate surface area is 83.4 Å². The molecule has 1 aromatic rings. The first-order valence-corrected chi connectivity index (χ1v) is 4.55. The van der Waals surface area contributed by atoms with Crippen molar-refractivity contribution in [3.8, 4) is 0 Å². The van der Waals surface area contributed by atoms with Crippen molar-refractivity contribution < 1.29 is 10.2 Å². The van der Waals surface area contributed by atoms with E-state index in [-0.39, 0.29) is 6.54 Å². The fraction of sp³-hybridized carbons (Fsp3) is 0.500. The minimum Gasteiger partial charge on any atom is -0.390 e. The van der Waals surface area contributed by atoms with Gasteiger partial charge in [-0.25, -0.2) is 4.98 Å². The number of hydrogen-bond donors (Lipinski definition) is 3. The van der Waals surface area contributed by atoms with E-state index >= 15 is 0 Å². The van der Waals surface area contributed by atoms with Gasteiger partial charge in [0.2, 0.25) is 0 Å². The van der Waals surface area contributed by atoms with Crippen molar-refractivity contribution >= 4 is 16.5 Å². The van der Waals surface area contributed by atoms with E-state index in [1.54, 1.807) is 0 Å². The molecule has 0 fully saturated rings. The van der Waals surface area contributed by atoms with Crippen molar-refractivity contribution in [2.45, 2.75) is 12.2 Å². The molecule has 0 amide bonds. The molecule has 2 atom stereocenters. The number of nitrogen functional groups attached to an aromatic ring is 1. The van der Waals surface area contributed by atoms with Crippen molar-refractivity contribution in [3.63, 3.8) is 0 Å². The van der Waals surface area contributed by atoms with Crippen molar-refractivity contribution in [1.82, 2.24) is 4.98 Å². The van der Waals surface area contributed by atoms with Crippen LogP contribution in [0.1, 0.15) is 11.0 Å². The highest BCUT2D eigenvalue weighted by Gasteiger charge is 2.19. The van der Waals surface area contributed by atoms with Crippen LogP contribution in [-0.2, 0) is 0 Å². The van der Waals surface area contributed by atoms with E-state index < -0.39 is 12.2 Å². The number of nitrogens with zero attached hydrogens (tertiary/aromatic N) is 4. The van der Waals surface area contributed by atoms with Gasteiger partial charge in [0.25, 0.3) is 0 Å². The largest absolute Gasteiger partial charge is 0.390 e. The third-order valence-electron chi connectivity index (χ3n) is 1.53. The molecule has 76 valence electrons. The molecule has 0 radical (unpaired) electrons. The van der Waals surface area contributed by atoms with Crippen LogP contribution < -0.4 is 5.73 Å². The van der Waals surface area contributed by atoms with E-state index in [1.165, 1.54) is 6.20 Å². The monoisotopic (exact) mass is 215 g/mol. The lowest BCUT2D eigenvalue weighted by atomic mass is 10.2. The summed E-state index contributed by atoms with van der Waals surface area (Å²) in [5, 5.41) is 22.3. The van der Waals surface area contributed by atoms with Crippen LogP contribution in [0.5, 0.6) is 0 Å². The van der Waals surface area contributed by atoms with E-state index in [1.807, 2.05) is 0 Å². The van der Waals surface area contributed by atoms with Crippen LogP contribution in [0.4, 0.5) is 5.13 Å². The quantitative estimate of drug-likeness (QED) is 0.382. The summed E-state index contributed by atoms with van der Waals surface area (Å²) in [6.07, 6.45) is -0.870. The molecule has 4 N–H and O–H groups in total. The first-order chi connectivity index (χ1) is 6.65. The van der Waals surface area contributed by atoms with Crippen LogP contribution in [0.2, 0.25) is 0 Å². The van der Waals surface area contributed by atoms with Crippen molar-refractivity contribution in [2.75, 3.05) is 12.3 Å². The third-order valence-corrected chi connectivity index (χ3v) is 2.43. The Morgan fingerprint density at radius 1 is 1.71 bits per heavy atom. The molecule has 2 unspecified atom stereocenters. The molecule has 1 aromatic heterocycles. The lowest BCUT2D eigenvalue weighted by Gasteiger charge is -2.12. The van der Waals surface area contributed by atoms with Crippen LogP contribution in [0.15, 0.2) is 11.3 Å². The Morgan fingerprint density at radius 2 is 2.43 bits per heavy atom. The number of thiazole rings is 1. The maximum absolute atomic E-state index is 9.51. The van der Waals surface area contributed by atoms with E-state index in [2.05, 4.69) is 15.0 Å². The number of rotatable bonds is 4. The summed E-state index contributed by atoms with van der Waals surface area (Å²) < 4.78 is 0. The van der Waals surface area contributed by atoms with Crippen LogP contribution in [0.3, 0.4) is 0 Å². The normalized spacial score (nSPS) is 14.4. The standard InChI is InChI=1S/C6H9N5O2S/c7-6-9-2-4(14-6)5(13)3(12)1-10-11-8/h2-3,5,12-13H,1H2,(H2,7,9). The van der Waals surface area contributed by atoms with E-state index in [9.17, 15) is 10.2 Å². The topological polar surface area (TPSA) is 128 Å². The number of azide groups is 1. The lowest BCUT2D eigenvalue weighted by Crippen LogP contribution is -2.20. The van der Waals surface area contributed by atoms with Gasteiger partial charge in [-0.15, -0.1) is 0 Å². The Bertz CT molecular complexity index is 348. The number of aromatic nitrogens is 1. The molecule has 1 heterocycles. The molecule has 0 saturated heterocycles. The van der Waals surface area contributed by atoms with Gasteiger partial charge < -0.3 is 15.9 Å². The first kappa shape index (κ1) is 10.7. The predicted molar refractivity (Wildman–Crippen MR) is 51.5 cm³/mol. The first-order valence-electron chi connectivity index (χ1n) is 3.73. The molecular weight excluding hydrogens is 206 g/mol. The fourth-order valence-corrected chi connectivity index (χ4v) is 1.58. The highest BCUT2D eigenvalue weighted by molar-refractivity contribution is 7.15. The van der Waals surface area contributed by atoms with Gasteiger partial charge in [0.05, 0.1) is 17.5 Å². The molecule has 0 bridgehead atoms. The van der Waals surface area contributed by atoms with Gasteiger partial charge >= 0.3 is 0 Å². The molecule has 0 aromatic carbocycles. The second-order valence-corrected chi connectivity index (χ2v) is 3.62. The second kappa shape index (κ2) is 4.77. The Kier molecular flexibility index (Phi) is 3.66. The van der Waals surface area contributed by atoms with Crippen LogP contribution in [0.25, 0.3) is 10.4 Å². The lowest BCUT2D eigenvalue weighted by molar-refractivity contribution is 0.0265. The molecule has 1 rings (SSSR count). The van der Waals surface area contributed by atoms with Crippen molar-refractivity contribution in [3.05, 3.63) is 21.5 Å². The summed E-state index contributed by atoms with van der Waals surface area (Å²) in [7, 11) is 0. The van der Waals surface area contributed by atoms with E-state index in [4.69, 9.17) is 11.3 Å². The molecule has 0 spiro atoms. The number of aliphatic hydroxyl groups is 2. The number of aliphatic hydroxyl groups excluding tert-OH is 2. The zero-order valence-electron chi connectivity index (χ0n) is 7.11. The van der Waals surface area contributed by atoms with Gasteiger partial charge in [0.1, 0.15) is 6.10 Å². The number of hydrogen-bond acceptors (Lipinski definition) is 6. The number of nitrogens with two attached hydrogens (primary N) is 1. The summed E-state index contributed by atoms with van der Waals surface area (Å²) >= 11 is 1.08. The van der Waals surface area contributed by atoms with Gasteiger partial charge in [-0.05, 0) is 5.53 Å². The summed E-state index contributed by atoms with van der Waals surface area (Å²) in [6.45, 7) is -0.185. The van der Waals surface area contributed by atoms with Gasteiger partial charge in [-0.1, -0.05) is 16.5 Å². The van der Waals surface area contributed by atoms with Gasteiger partial charge in [0.15, 0.2) is 5.13 Å². The summed E-state index contributed by atoms with van der Waals surface area (Å²) in [5.74, 6) is 0. The zero-order valence-corrected chi connectivity index (χ0v) is 7.92. The van der Waals surface area contributed by atoms with Gasteiger partial charge in [-0.3, -0.25) is 0 Å². The zero-order chi connectivity index (χ0) is 10.6. The maximum Gasteiger partial charge on any atom is 0.180 e. The predicted octanol–water partition coefficient (Wildman–Crippen LogP) is 0.430. The minimum atomic E-state index is -1.13. The smallest absolute Gasteiger partial charge is 0.180 e. The third kappa shape index (κ3) is 2.57. The highest BCUT2D eigenvalue weighted by atomic mass is 32.1. The SMILES string of the molecule is [N-]=[N+]=NCC(O)C(O)c1cnc(N)s1. The maximum atomic E-state index is 9.51. The van der Waals surface area contributed by atoms with Crippen LogP contribution in [-0.4, -0.2) is 27.8 Å². The van der Waals surface area contributed by atoms with Crippen LogP contribution in [0, 0.1) is 0 Å². The molecule has 0 saturated carbocycles. The van der Waals surface area contributed by atoms with Crippen LogP contribution >= 0.6 is 11.3 Å². The van der Waals surface area contributed by atoms with Gasteiger partial charge in [-0.2, -0.15) is 0 Å². The molecule has 0 aliphatic heterocycles. The molecule has 14 heavy (non-hydrogen) atoms. The summed E-state index contributed by atoms with van der Waals surface area (Å²) in [6, 6.07) is 0. The van der Waals surface area contributed by atoms with Gasteiger partial charge in [0, 0.05) is 11.1 Å². The van der Waals surface area contributed by atoms with Crippen molar-refractivity contribution in [1.29, 1.82) is 0 Å². The van der Waals surface area contributed by atoms with E-state index in [0.717, 1.165) is 11.3 Å². The molecule has 7 nitrogen and oxygen atoms in total. The average Bonchev–Trinajstić information content (AvgIpc) is 2.60. The second-order valence-electron chi connectivity index (χ2n) is 2.53. The van der Waals surface area contributed by atoms with E-state index in [0.29, 0.717) is 10.0 Å². The fourth-order valence-electron chi connectivity index (χ4n) is 0.847. The molecule has 8 heteroatoms.